The molecule has 7 nitrogen and oxygen atoms in total. The van der Waals surface area contributed by atoms with Crippen molar-refractivity contribution < 1.29 is 22.7 Å². The highest BCUT2D eigenvalue weighted by Gasteiger charge is 2.21. The van der Waals surface area contributed by atoms with Gasteiger partial charge in [0, 0.05) is 6.54 Å². The van der Waals surface area contributed by atoms with E-state index in [1.54, 1.807) is 19.2 Å². The molecular formula is C19H24N2O5S. The van der Waals surface area contributed by atoms with Crippen molar-refractivity contribution >= 4 is 15.9 Å². The molecule has 0 unspecified atom stereocenters. The number of nitrogens with one attached hydrogen (secondary N) is 2. The predicted octanol–water partition coefficient (Wildman–Crippen LogP) is 1.73. The van der Waals surface area contributed by atoms with Crippen molar-refractivity contribution in [2.24, 2.45) is 0 Å². The van der Waals surface area contributed by atoms with Crippen LogP contribution in [0.3, 0.4) is 0 Å². The number of methoxy groups -OCH3 is 2. The smallest absolute Gasteiger partial charge is 0.241 e. The summed E-state index contributed by atoms with van der Waals surface area (Å²) >= 11 is 0. The Hall–Kier alpha value is -2.58. The van der Waals surface area contributed by atoms with Crippen LogP contribution in [0.25, 0.3) is 0 Å². The van der Waals surface area contributed by atoms with Gasteiger partial charge < -0.3 is 14.8 Å². The number of ether oxygens (including phenoxy) is 2. The van der Waals surface area contributed by atoms with Gasteiger partial charge in [-0.05, 0) is 55.3 Å². The summed E-state index contributed by atoms with van der Waals surface area (Å²) in [5.74, 6) is 0.934. The third kappa shape index (κ3) is 5.97. The van der Waals surface area contributed by atoms with Crippen LogP contribution in [0.4, 0.5) is 0 Å². The zero-order chi connectivity index (χ0) is 19.9. The average Bonchev–Trinajstić information content (AvgIpc) is 2.68. The van der Waals surface area contributed by atoms with E-state index >= 15 is 0 Å². The Morgan fingerprint density at radius 1 is 0.963 bits per heavy atom. The highest BCUT2D eigenvalue weighted by molar-refractivity contribution is 7.89. The van der Waals surface area contributed by atoms with Gasteiger partial charge in [0.05, 0.1) is 25.2 Å². The summed E-state index contributed by atoms with van der Waals surface area (Å²) in [5, 5.41) is 2.73. The Balaban J connectivity index is 1.86. The molecule has 0 saturated carbocycles. The van der Waals surface area contributed by atoms with Crippen molar-refractivity contribution in [3.8, 4) is 11.5 Å². The van der Waals surface area contributed by atoms with Crippen molar-refractivity contribution in [1.29, 1.82) is 0 Å². The molecule has 0 bridgehead atoms. The number of benzene rings is 2. The number of rotatable bonds is 9. The molecule has 1 amide bonds. The number of carbonyl (C=O) groups excluding carboxylic acids is 1. The van der Waals surface area contributed by atoms with Gasteiger partial charge in [-0.2, -0.15) is 4.72 Å². The number of amides is 1. The van der Waals surface area contributed by atoms with E-state index in [9.17, 15) is 13.2 Å². The summed E-state index contributed by atoms with van der Waals surface area (Å²) in [4.78, 5) is 12.2. The molecule has 2 rings (SSSR count). The van der Waals surface area contributed by atoms with Crippen LogP contribution in [0.2, 0.25) is 0 Å². The largest absolute Gasteiger partial charge is 0.497 e. The maximum Gasteiger partial charge on any atom is 0.241 e. The van der Waals surface area contributed by atoms with Gasteiger partial charge in [-0.3, -0.25) is 4.79 Å². The lowest BCUT2D eigenvalue weighted by Gasteiger charge is -2.15. The van der Waals surface area contributed by atoms with E-state index in [2.05, 4.69) is 10.0 Å². The summed E-state index contributed by atoms with van der Waals surface area (Å²) in [6.45, 7) is 1.91. The van der Waals surface area contributed by atoms with Crippen LogP contribution in [-0.4, -0.2) is 41.1 Å². The highest BCUT2D eigenvalue weighted by atomic mass is 32.2. The molecule has 0 aliphatic heterocycles. The lowest BCUT2D eigenvalue weighted by atomic mass is 10.1. The fourth-order valence-electron chi connectivity index (χ4n) is 2.38. The van der Waals surface area contributed by atoms with E-state index in [1.165, 1.54) is 26.2 Å². The first kappa shape index (κ1) is 20.7. The second-order valence-electron chi connectivity index (χ2n) is 5.91. The fourth-order valence-corrected chi connectivity index (χ4v) is 3.59. The monoisotopic (exact) mass is 392 g/mol. The summed E-state index contributed by atoms with van der Waals surface area (Å²) in [5.41, 5.74) is 1.04. The summed E-state index contributed by atoms with van der Waals surface area (Å²) in [7, 11) is -0.694. The maximum atomic E-state index is 12.4. The van der Waals surface area contributed by atoms with Crippen LogP contribution in [0.1, 0.15) is 12.5 Å². The Labute approximate surface area is 159 Å². The van der Waals surface area contributed by atoms with Gasteiger partial charge in [0.25, 0.3) is 0 Å². The zero-order valence-corrected chi connectivity index (χ0v) is 16.4. The van der Waals surface area contributed by atoms with Crippen molar-refractivity contribution in [1.82, 2.24) is 10.0 Å². The molecule has 27 heavy (non-hydrogen) atoms. The van der Waals surface area contributed by atoms with Crippen molar-refractivity contribution in [2.75, 3.05) is 20.8 Å². The lowest BCUT2D eigenvalue weighted by molar-refractivity contribution is -0.122. The van der Waals surface area contributed by atoms with Crippen molar-refractivity contribution in [2.45, 2.75) is 24.3 Å². The Morgan fingerprint density at radius 3 is 2.00 bits per heavy atom. The van der Waals surface area contributed by atoms with E-state index in [0.717, 1.165) is 11.3 Å². The summed E-state index contributed by atoms with van der Waals surface area (Å²) in [6.07, 6.45) is 0.633. The molecule has 0 spiro atoms. The first-order chi connectivity index (χ1) is 12.9. The molecule has 1 atom stereocenters. The zero-order valence-electron chi connectivity index (χ0n) is 15.6. The SMILES string of the molecule is COc1ccc(CCNC(=O)[C@H](C)NS(=O)(=O)c2ccc(OC)cc2)cc1. The number of hydrogen-bond acceptors (Lipinski definition) is 5. The Bertz CT molecular complexity index is 849. The normalized spacial score (nSPS) is 12.3. The molecule has 0 heterocycles. The minimum absolute atomic E-state index is 0.0705. The standard InChI is InChI=1S/C19H24N2O5S/c1-14(21-27(23,24)18-10-8-17(26-3)9-11-18)19(22)20-13-12-15-4-6-16(25-2)7-5-15/h4-11,14,21H,12-13H2,1-3H3,(H,20,22)/t14-/m0/s1. The average molecular weight is 392 g/mol. The van der Waals surface area contributed by atoms with Crippen LogP contribution in [0, 0.1) is 0 Å². The Kier molecular flexibility index (Phi) is 7.20. The molecule has 0 saturated heterocycles. The van der Waals surface area contributed by atoms with Gasteiger partial charge >= 0.3 is 0 Å². The summed E-state index contributed by atoms with van der Waals surface area (Å²) in [6, 6.07) is 12.6. The molecule has 8 heteroatoms. The van der Waals surface area contributed by atoms with Crippen LogP contribution in [-0.2, 0) is 21.2 Å². The molecule has 0 radical (unpaired) electrons. The second-order valence-corrected chi connectivity index (χ2v) is 7.62. The fraction of sp³-hybridized carbons (Fsp3) is 0.316. The number of carbonyl (C=O) groups is 1. The van der Waals surface area contributed by atoms with Crippen molar-refractivity contribution in [3.05, 3.63) is 54.1 Å². The molecule has 2 aromatic carbocycles. The number of hydrogen-bond donors (Lipinski definition) is 2. The minimum Gasteiger partial charge on any atom is -0.497 e. The molecule has 0 aliphatic carbocycles. The lowest BCUT2D eigenvalue weighted by Crippen LogP contribution is -2.45. The third-order valence-corrected chi connectivity index (χ3v) is 5.52. The Morgan fingerprint density at radius 2 is 1.48 bits per heavy atom. The van der Waals surface area contributed by atoms with Gasteiger partial charge in [0.15, 0.2) is 0 Å². The van der Waals surface area contributed by atoms with Crippen LogP contribution < -0.4 is 19.5 Å². The van der Waals surface area contributed by atoms with Gasteiger partial charge in [0.1, 0.15) is 11.5 Å². The highest BCUT2D eigenvalue weighted by Crippen LogP contribution is 2.15. The van der Waals surface area contributed by atoms with E-state index in [4.69, 9.17) is 9.47 Å². The van der Waals surface area contributed by atoms with E-state index in [-0.39, 0.29) is 10.8 Å². The topological polar surface area (TPSA) is 93.7 Å². The molecule has 0 aliphatic rings. The van der Waals surface area contributed by atoms with Crippen LogP contribution in [0.5, 0.6) is 11.5 Å². The van der Waals surface area contributed by atoms with Crippen LogP contribution in [0.15, 0.2) is 53.4 Å². The molecule has 0 fully saturated rings. The van der Waals surface area contributed by atoms with Crippen LogP contribution >= 0.6 is 0 Å². The van der Waals surface area contributed by atoms with Gasteiger partial charge in [-0.1, -0.05) is 12.1 Å². The van der Waals surface area contributed by atoms with E-state index < -0.39 is 16.1 Å². The molecule has 2 aromatic rings. The molecule has 2 N–H and O–H groups in total. The number of sulfonamides is 1. The molecule has 146 valence electrons. The third-order valence-electron chi connectivity index (χ3n) is 3.97. The predicted molar refractivity (Wildman–Crippen MR) is 102 cm³/mol. The first-order valence-corrected chi connectivity index (χ1v) is 9.91. The van der Waals surface area contributed by atoms with Gasteiger partial charge in [-0.15, -0.1) is 0 Å². The van der Waals surface area contributed by atoms with Gasteiger partial charge in [0.2, 0.25) is 15.9 Å². The quantitative estimate of drug-likeness (QED) is 0.678. The van der Waals surface area contributed by atoms with Gasteiger partial charge in [-0.25, -0.2) is 8.42 Å². The minimum atomic E-state index is -3.79. The van der Waals surface area contributed by atoms with E-state index in [0.29, 0.717) is 18.7 Å². The summed E-state index contributed by atoms with van der Waals surface area (Å²) < 4.78 is 37.2. The van der Waals surface area contributed by atoms with E-state index in [1.807, 2.05) is 24.3 Å². The first-order valence-electron chi connectivity index (χ1n) is 8.42. The molecule has 0 aromatic heterocycles. The molecular weight excluding hydrogens is 368 g/mol. The maximum absolute atomic E-state index is 12.4. The van der Waals surface area contributed by atoms with Crippen molar-refractivity contribution in [3.63, 3.8) is 0 Å². The second kappa shape index (κ2) is 9.38.